The maximum atomic E-state index is 4.16. The van der Waals surface area contributed by atoms with Crippen molar-refractivity contribution in [1.82, 2.24) is 20.2 Å². The Morgan fingerprint density at radius 3 is 3.00 bits per heavy atom. The largest absolute Gasteiger partial charge is 0.331 e. The average Bonchev–Trinajstić information content (AvgIpc) is 3.01. The Kier molecular flexibility index (Phi) is 3.07. The number of imidazole rings is 1. The molecule has 5 nitrogen and oxygen atoms in total. The van der Waals surface area contributed by atoms with Gasteiger partial charge in [0.1, 0.15) is 10.8 Å². The molecule has 0 unspecified atom stereocenters. The number of hydrogen-bond donors (Lipinski definition) is 2. The first-order chi connectivity index (χ1) is 8.81. The summed E-state index contributed by atoms with van der Waals surface area (Å²) < 4.78 is 1.03. The summed E-state index contributed by atoms with van der Waals surface area (Å²) in [7, 11) is 0. The second kappa shape index (κ2) is 4.87. The lowest BCUT2D eigenvalue weighted by molar-refractivity contribution is 1.09. The first-order valence-electron chi connectivity index (χ1n) is 5.16. The third-order valence-electron chi connectivity index (χ3n) is 2.24. The topological polar surface area (TPSA) is 66.5 Å². The maximum absolute atomic E-state index is 4.16. The van der Waals surface area contributed by atoms with Gasteiger partial charge in [-0.2, -0.15) is 0 Å². The Balaban J connectivity index is 1.85. The molecule has 2 N–H and O–H groups in total. The molecule has 3 rings (SSSR count). The quantitative estimate of drug-likeness (QED) is 0.775. The number of hydrogen-bond acceptors (Lipinski definition) is 5. The average molecular weight is 322 g/mol. The number of nitrogens with one attached hydrogen (secondary N) is 2. The zero-order valence-electron chi connectivity index (χ0n) is 9.09. The van der Waals surface area contributed by atoms with Crippen molar-refractivity contribution in [3.05, 3.63) is 41.3 Å². The van der Waals surface area contributed by atoms with E-state index in [1.807, 2.05) is 24.3 Å². The van der Waals surface area contributed by atoms with Crippen LogP contribution in [0.4, 0.5) is 10.9 Å². The van der Waals surface area contributed by atoms with E-state index in [1.54, 1.807) is 12.5 Å². The van der Waals surface area contributed by atoms with Gasteiger partial charge in [-0.05, 0) is 12.1 Å². The van der Waals surface area contributed by atoms with Crippen LogP contribution in [0, 0.1) is 0 Å². The van der Waals surface area contributed by atoms with Crippen molar-refractivity contribution < 1.29 is 0 Å². The Morgan fingerprint density at radius 2 is 2.22 bits per heavy atom. The Hall–Kier alpha value is -1.73. The van der Waals surface area contributed by atoms with Crippen LogP contribution >= 0.6 is 27.3 Å². The van der Waals surface area contributed by atoms with Crippen LogP contribution in [-0.4, -0.2) is 20.2 Å². The molecule has 2 aromatic heterocycles. The fraction of sp³-hybridized carbons (Fsp3) is 0. The number of aromatic nitrogens is 4. The summed E-state index contributed by atoms with van der Waals surface area (Å²) in [5, 5.41) is 13.0. The molecule has 0 spiro atoms. The SMILES string of the molecule is Brc1cccc(-c2nnc(Nc3cnc[nH]3)s2)c1. The fourth-order valence-electron chi connectivity index (χ4n) is 1.45. The van der Waals surface area contributed by atoms with Crippen LogP contribution in [0.2, 0.25) is 0 Å². The van der Waals surface area contributed by atoms with E-state index >= 15 is 0 Å². The molecular formula is C11H8BrN5S. The summed E-state index contributed by atoms with van der Waals surface area (Å²) in [5.41, 5.74) is 1.04. The second-order valence-electron chi connectivity index (χ2n) is 3.51. The highest BCUT2D eigenvalue weighted by molar-refractivity contribution is 9.10. The monoisotopic (exact) mass is 321 g/mol. The summed E-state index contributed by atoms with van der Waals surface area (Å²) in [6.07, 6.45) is 3.30. The summed E-state index contributed by atoms with van der Waals surface area (Å²) in [6, 6.07) is 7.98. The van der Waals surface area contributed by atoms with Crippen molar-refractivity contribution in [1.29, 1.82) is 0 Å². The molecule has 0 saturated carbocycles. The third kappa shape index (κ3) is 2.41. The lowest BCUT2D eigenvalue weighted by Gasteiger charge is -1.96. The highest BCUT2D eigenvalue weighted by Gasteiger charge is 2.07. The molecule has 1 aromatic carbocycles. The van der Waals surface area contributed by atoms with E-state index in [0.717, 1.165) is 26.0 Å². The summed E-state index contributed by atoms with van der Waals surface area (Å²) in [4.78, 5) is 6.88. The Morgan fingerprint density at radius 1 is 1.28 bits per heavy atom. The van der Waals surface area contributed by atoms with E-state index in [1.165, 1.54) is 11.3 Å². The fourth-order valence-corrected chi connectivity index (χ4v) is 2.60. The number of anilines is 2. The molecule has 0 aliphatic rings. The van der Waals surface area contributed by atoms with Gasteiger partial charge in [-0.15, -0.1) is 10.2 Å². The van der Waals surface area contributed by atoms with Crippen molar-refractivity contribution in [3.63, 3.8) is 0 Å². The van der Waals surface area contributed by atoms with Crippen molar-refractivity contribution in [2.75, 3.05) is 5.32 Å². The number of nitrogens with zero attached hydrogens (tertiary/aromatic N) is 3. The predicted molar refractivity (Wildman–Crippen MR) is 74.9 cm³/mol. The second-order valence-corrected chi connectivity index (χ2v) is 5.41. The van der Waals surface area contributed by atoms with Crippen LogP contribution in [0.15, 0.2) is 41.3 Å². The molecule has 0 atom stereocenters. The highest BCUT2D eigenvalue weighted by atomic mass is 79.9. The molecule has 18 heavy (non-hydrogen) atoms. The summed E-state index contributed by atoms with van der Waals surface area (Å²) in [6.45, 7) is 0. The molecule has 0 saturated heterocycles. The molecule has 0 bridgehead atoms. The van der Waals surface area contributed by atoms with Gasteiger partial charge in [0.15, 0.2) is 0 Å². The van der Waals surface area contributed by atoms with E-state index in [9.17, 15) is 0 Å². The standard InChI is InChI=1S/C11H8BrN5S/c12-8-3-1-2-7(4-8)10-16-17-11(18-10)15-9-5-13-6-14-9/h1-6H,(H,13,14)(H,15,17). The van der Waals surface area contributed by atoms with Crippen LogP contribution < -0.4 is 5.32 Å². The molecule has 2 heterocycles. The molecule has 0 amide bonds. The Labute approximate surface area is 115 Å². The summed E-state index contributed by atoms with van der Waals surface area (Å²) in [5.74, 6) is 0.798. The number of aromatic amines is 1. The van der Waals surface area contributed by atoms with E-state index < -0.39 is 0 Å². The smallest absolute Gasteiger partial charge is 0.211 e. The minimum atomic E-state index is 0.731. The minimum Gasteiger partial charge on any atom is -0.331 e. The van der Waals surface area contributed by atoms with Gasteiger partial charge in [0.05, 0.1) is 12.5 Å². The van der Waals surface area contributed by atoms with Crippen LogP contribution in [-0.2, 0) is 0 Å². The summed E-state index contributed by atoms with van der Waals surface area (Å²) >= 11 is 4.93. The zero-order valence-corrected chi connectivity index (χ0v) is 11.5. The molecule has 0 aliphatic heterocycles. The third-order valence-corrected chi connectivity index (χ3v) is 3.62. The highest BCUT2D eigenvalue weighted by Crippen LogP contribution is 2.29. The van der Waals surface area contributed by atoms with Crippen LogP contribution in [0.25, 0.3) is 10.6 Å². The maximum Gasteiger partial charge on any atom is 0.211 e. The van der Waals surface area contributed by atoms with Gasteiger partial charge in [0.25, 0.3) is 0 Å². The van der Waals surface area contributed by atoms with Gasteiger partial charge in [-0.25, -0.2) is 4.98 Å². The van der Waals surface area contributed by atoms with Gasteiger partial charge < -0.3 is 10.3 Å². The molecule has 0 radical (unpaired) electrons. The number of rotatable bonds is 3. The predicted octanol–water partition coefficient (Wildman–Crippen LogP) is 3.43. The van der Waals surface area contributed by atoms with Gasteiger partial charge in [-0.3, -0.25) is 0 Å². The number of H-pyrrole nitrogens is 1. The van der Waals surface area contributed by atoms with E-state index in [0.29, 0.717) is 0 Å². The first-order valence-corrected chi connectivity index (χ1v) is 6.77. The zero-order chi connectivity index (χ0) is 12.4. The van der Waals surface area contributed by atoms with E-state index in [-0.39, 0.29) is 0 Å². The molecule has 0 fully saturated rings. The Bertz CT molecular complexity index is 649. The molecule has 90 valence electrons. The van der Waals surface area contributed by atoms with Crippen molar-refractivity contribution in [2.24, 2.45) is 0 Å². The van der Waals surface area contributed by atoms with Crippen molar-refractivity contribution in [2.45, 2.75) is 0 Å². The molecule has 7 heteroatoms. The van der Waals surface area contributed by atoms with Gasteiger partial charge >= 0.3 is 0 Å². The van der Waals surface area contributed by atoms with E-state index in [2.05, 4.69) is 41.4 Å². The minimum absolute atomic E-state index is 0.731. The van der Waals surface area contributed by atoms with Crippen molar-refractivity contribution >= 4 is 38.2 Å². The van der Waals surface area contributed by atoms with Gasteiger partial charge in [0.2, 0.25) is 5.13 Å². The molecular weight excluding hydrogens is 314 g/mol. The number of halogens is 1. The van der Waals surface area contributed by atoms with Crippen LogP contribution in [0.5, 0.6) is 0 Å². The molecule has 3 aromatic rings. The van der Waals surface area contributed by atoms with Gasteiger partial charge in [-0.1, -0.05) is 39.4 Å². The van der Waals surface area contributed by atoms with Gasteiger partial charge in [0, 0.05) is 10.0 Å². The molecule has 0 aliphatic carbocycles. The lowest BCUT2D eigenvalue weighted by atomic mass is 10.2. The van der Waals surface area contributed by atoms with Crippen molar-refractivity contribution in [3.8, 4) is 10.6 Å². The van der Waals surface area contributed by atoms with E-state index in [4.69, 9.17) is 0 Å². The normalized spacial score (nSPS) is 10.5. The first kappa shape index (κ1) is 11.4. The number of benzene rings is 1. The van der Waals surface area contributed by atoms with Crippen LogP contribution in [0.1, 0.15) is 0 Å². The van der Waals surface area contributed by atoms with Crippen LogP contribution in [0.3, 0.4) is 0 Å². The lowest BCUT2D eigenvalue weighted by Crippen LogP contribution is -1.88.